The van der Waals surface area contributed by atoms with Gasteiger partial charge in [0, 0.05) is 35.5 Å². The number of hydrogen-bond acceptors (Lipinski definition) is 6. The number of amides is 2. The van der Waals surface area contributed by atoms with Crippen molar-refractivity contribution in [3.8, 4) is 33.3 Å². The van der Waals surface area contributed by atoms with Crippen LogP contribution in [0.3, 0.4) is 0 Å². The minimum atomic E-state index is -0.173. The predicted octanol–water partition coefficient (Wildman–Crippen LogP) is 6.38. The second-order valence-corrected chi connectivity index (χ2v) is 12.1. The zero-order chi connectivity index (χ0) is 30.0. The lowest BCUT2D eigenvalue weighted by atomic mass is 9.97. The molecule has 0 radical (unpaired) electrons. The molecule has 2 aliphatic rings. The first-order valence-electron chi connectivity index (χ1n) is 14.8. The molecule has 8 nitrogen and oxygen atoms in total. The van der Waals surface area contributed by atoms with Crippen LogP contribution in [0, 0.1) is 0 Å². The first-order chi connectivity index (χ1) is 21.6. The average Bonchev–Trinajstić information content (AvgIpc) is 3.80. The maximum atomic E-state index is 12.7. The largest absolute Gasteiger partial charge is 0.497 e. The number of carbonyl (C=O) groups excluding carboxylic acids is 1. The maximum Gasteiger partial charge on any atom is 0.317 e. The number of rotatable bonds is 8. The van der Waals surface area contributed by atoms with E-state index in [1.54, 1.807) is 25.6 Å². The van der Waals surface area contributed by atoms with Crippen LogP contribution >= 0.6 is 11.3 Å². The van der Waals surface area contributed by atoms with E-state index in [2.05, 4.69) is 70.7 Å². The molecule has 0 saturated carbocycles. The van der Waals surface area contributed by atoms with Crippen molar-refractivity contribution < 1.29 is 19.0 Å². The topological polar surface area (TPSA) is 77.8 Å². The number of urea groups is 1. The Hall–Kier alpha value is -4.60. The minimum absolute atomic E-state index is 0.0503. The fourth-order valence-electron chi connectivity index (χ4n) is 6.09. The van der Waals surface area contributed by atoms with Gasteiger partial charge in [0.05, 0.1) is 44.5 Å². The van der Waals surface area contributed by atoms with Gasteiger partial charge in [-0.3, -0.25) is 4.68 Å². The SMILES string of the molecule is COc1ccc(C(c2ccc(OC)cc2)n2nc(-c3ccc(CNC(=O)N4CCOCC4)s3)c3c2-c2ccccc2C3)cc1. The van der Waals surface area contributed by atoms with Crippen molar-refractivity contribution in [1.82, 2.24) is 20.0 Å². The highest BCUT2D eigenvalue weighted by Gasteiger charge is 2.32. The van der Waals surface area contributed by atoms with Crippen molar-refractivity contribution in [2.45, 2.75) is 19.0 Å². The molecule has 1 fully saturated rings. The third kappa shape index (κ3) is 5.33. The minimum Gasteiger partial charge on any atom is -0.497 e. The van der Waals surface area contributed by atoms with Gasteiger partial charge in [-0.05, 0) is 53.1 Å². The molecule has 224 valence electrons. The Kier molecular flexibility index (Phi) is 7.80. The summed E-state index contributed by atoms with van der Waals surface area (Å²) < 4.78 is 18.5. The lowest BCUT2D eigenvalue weighted by Gasteiger charge is -2.26. The lowest BCUT2D eigenvalue weighted by Crippen LogP contribution is -2.45. The van der Waals surface area contributed by atoms with Gasteiger partial charge in [-0.15, -0.1) is 11.3 Å². The Morgan fingerprint density at radius 3 is 2.23 bits per heavy atom. The van der Waals surface area contributed by atoms with E-state index < -0.39 is 0 Å². The number of aromatic nitrogens is 2. The monoisotopic (exact) mass is 606 g/mol. The van der Waals surface area contributed by atoms with Gasteiger partial charge in [-0.1, -0.05) is 48.5 Å². The number of fused-ring (bicyclic) bond motifs is 3. The number of morpholine rings is 1. The predicted molar refractivity (Wildman–Crippen MR) is 172 cm³/mol. The molecule has 5 aromatic rings. The van der Waals surface area contributed by atoms with Crippen molar-refractivity contribution in [2.75, 3.05) is 40.5 Å². The van der Waals surface area contributed by atoms with Gasteiger partial charge in [0.1, 0.15) is 23.2 Å². The molecular formula is C35H34N4O4S. The molecule has 0 bridgehead atoms. The number of benzene rings is 3. The van der Waals surface area contributed by atoms with Crippen molar-refractivity contribution in [2.24, 2.45) is 0 Å². The summed E-state index contributed by atoms with van der Waals surface area (Å²) in [5.74, 6) is 1.62. The highest BCUT2D eigenvalue weighted by molar-refractivity contribution is 7.15. The van der Waals surface area contributed by atoms with Gasteiger partial charge >= 0.3 is 6.03 Å². The molecule has 0 spiro atoms. The van der Waals surface area contributed by atoms with Crippen LogP contribution in [-0.2, 0) is 17.7 Å². The third-order valence-electron chi connectivity index (χ3n) is 8.36. The summed E-state index contributed by atoms with van der Waals surface area (Å²) in [6.07, 6.45) is 0.819. The number of carbonyl (C=O) groups is 1. The molecule has 1 aliphatic carbocycles. The number of methoxy groups -OCH3 is 2. The van der Waals surface area contributed by atoms with E-state index in [0.29, 0.717) is 32.8 Å². The fraction of sp³-hybridized carbons (Fsp3) is 0.257. The molecule has 1 N–H and O–H groups in total. The van der Waals surface area contributed by atoms with Crippen LogP contribution in [0.2, 0.25) is 0 Å². The van der Waals surface area contributed by atoms with Gasteiger partial charge in [-0.25, -0.2) is 4.79 Å². The summed E-state index contributed by atoms with van der Waals surface area (Å²) in [6.45, 7) is 2.89. The zero-order valence-corrected chi connectivity index (χ0v) is 25.6. The Morgan fingerprint density at radius 1 is 0.909 bits per heavy atom. The van der Waals surface area contributed by atoms with Crippen LogP contribution < -0.4 is 14.8 Å². The van der Waals surface area contributed by atoms with E-state index in [4.69, 9.17) is 19.3 Å². The highest BCUT2D eigenvalue weighted by Crippen LogP contribution is 2.46. The van der Waals surface area contributed by atoms with Crippen molar-refractivity contribution >= 4 is 17.4 Å². The van der Waals surface area contributed by atoms with E-state index in [1.165, 1.54) is 16.7 Å². The Morgan fingerprint density at radius 2 is 1.57 bits per heavy atom. The normalized spacial score (nSPS) is 13.9. The molecule has 2 aromatic heterocycles. The molecule has 7 rings (SSSR count). The number of nitrogens with one attached hydrogen (secondary N) is 1. The molecule has 3 aromatic carbocycles. The fourth-order valence-corrected chi connectivity index (χ4v) is 7.05. The maximum absolute atomic E-state index is 12.7. The molecule has 2 amide bonds. The molecule has 44 heavy (non-hydrogen) atoms. The van der Waals surface area contributed by atoms with Gasteiger partial charge in [0.25, 0.3) is 0 Å². The van der Waals surface area contributed by atoms with Crippen LogP contribution in [0.25, 0.3) is 21.8 Å². The summed E-state index contributed by atoms with van der Waals surface area (Å²) in [4.78, 5) is 16.7. The second kappa shape index (κ2) is 12.2. The molecule has 0 unspecified atom stereocenters. The number of thiophene rings is 1. The smallest absolute Gasteiger partial charge is 0.317 e. The van der Waals surface area contributed by atoms with Gasteiger partial charge in [-0.2, -0.15) is 5.10 Å². The quantitative estimate of drug-likeness (QED) is 0.218. The standard InChI is InChI=1S/C35H34N4O4S/c1-41-26-11-7-23(8-12-26)33(24-9-13-27(42-2)14-10-24)39-34-29-6-4-3-5-25(29)21-30(34)32(37-39)31-16-15-28(44-31)22-36-35(40)38-17-19-43-20-18-38/h3-16,33H,17-22H2,1-2H3,(H,36,40). The molecule has 0 atom stereocenters. The first kappa shape index (κ1) is 28.2. The Labute approximate surface area is 260 Å². The molecular weight excluding hydrogens is 572 g/mol. The summed E-state index contributed by atoms with van der Waals surface area (Å²) in [6, 6.07) is 29.1. The van der Waals surface area contributed by atoms with Crippen molar-refractivity contribution in [3.05, 3.63) is 112 Å². The molecule has 9 heteroatoms. The first-order valence-corrected chi connectivity index (χ1v) is 15.6. The van der Waals surface area contributed by atoms with Crippen LogP contribution in [0.5, 0.6) is 11.5 Å². The van der Waals surface area contributed by atoms with Crippen LogP contribution in [-0.4, -0.2) is 61.2 Å². The van der Waals surface area contributed by atoms with Crippen LogP contribution in [0.4, 0.5) is 4.79 Å². The molecule has 1 aliphatic heterocycles. The summed E-state index contributed by atoms with van der Waals surface area (Å²) in [5.41, 5.74) is 8.08. The van der Waals surface area contributed by atoms with E-state index >= 15 is 0 Å². The van der Waals surface area contributed by atoms with E-state index in [1.807, 2.05) is 29.2 Å². The van der Waals surface area contributed by atoms with E-state index in [9.17, 15) is 4.79 Å². The van der Waals surface area contributed by atoms with Crippen LogP contribution in [0.15, 0.2) is 84.9 Å². The van der Waals surface area contributed by atoms with Crippen molar-refractivity contribution in [1.29, 1.82) is 0 Å². The summed E-state index contributed by atoms with van der Waals surface area (Å²) >= 11 is 1.68. The second-order valence-electron chi connectivity index (χ2n) is 10.9. The van der Waals surface area contributed by atoms with Gasteiger partial charge in [0.15, 0.2) is 0 Å². The Bertz CT molecular complexity index is 1720. The van der Waals surface area contributed by atoms with Gasteiger partial charge in [0.2, 0.25) is 0 Å². The lowest BCUT2D eigenvalue weighted by molar-refractivity contribution is 0.0531. The van der Waals surface area contributed by atoms with Crippen molar-refractivity contribution in [3.63, 3.8) is 0 Å². The Balaban J connectivity index is 1.28. The number of ether oxygens (including phenoxy) is 3. The van der Waals surface area contributed by atoms with E-state index in [0.717, 1.165) is 50.2 Å². The number of hydrogen-bond donors (Lipinski definition) is 1. The molecule has 1 saturated heterocycles. The summed E-state index contributed by atoms with van der Waals surface area (Å²) in [5, 5.41) is 8.46. The zero-order valence-electron chi connectivity index (χ0n) is 24.8. The summed E-state index contributed by atoms with van der Waals surface area (Å²) in [7, 11) is 3.37. The highest BCUT2D eigenvalue weighted by atomic mass is 32.1. The molecule has 3 heterocycles. The van der Waals surface area contributed by atoms with Crippen LogP contribution in [0.1, 0.15) is 33.2 Å². The van der Waals surface area contributed by atoms with Gasteiger partial charge < -0.3 is 24.4 Å². The number of nitrogens with zero attached hydrogens (tertiary/aromatic N) is 3. The average molecular weight is 607 g/mol. The third-order valence-corrected chi connectivity index (χ3v) is 9.46. The van der Waals surface area contributed by atoms with E-state index in [-0.39, 0.29) is 12.1 Å².